The lowest BCUT2D eigenvalue weighted by atomic mass is 9.92. The fraction of sp³-hybridized carbons (Fsp3) is 0.333. The van der Waals surface area contributed by atoms with E-state index in [9.17, 15) is 14.0 Å². The van der Waals surface area contributed by atoms with E-state index >= 15 is 0 Å². The first-order valence-corrected chi connectivity index (χ1v) is 9.90. The molecule has 0 spiro atoms. The van der Waals surface area contributed by atoms with E-state index in [0.717, 1.165) is 44.5 Å². The van der Waals surface area contributed by atoms with E-state index in [1.165, 1.54) is 24.3 Å². The molecule has 0 N–H and O–H groups in total. The van der Waals surface area contributed by atoms with Gasteiger partial charge in [0, 0.05) is 17.9 Å². The van der Waals surface area contributed by atoms with Gasteiger partial charge in [0.05, 0.1) is 0 Å². The summed E-state index contributed by atoms with van der Waals surface area (Å²) in [6.45, 7) is 2.63. The standard InChI is InChI=1S/C24H26FNO2/c25-22-11-9-20(10-12-22)23(27)7-4-16-26-17-14-21(15-18-26)24(28)13-8-19-5-2-1-3-6-19/h1-3,5-6,8-13,21H,4,7,14-18H2. The van der Waals surface area contributed by atoms with Crippen LogP contribution in [0.5, 0.6) is 0 Å². The van der Waals surface area contributed by atoms with E-state index in [1.54, 1.807) is 6.08 Å². The molecule has 0 saturated carbocycles. The third kappa shape index (κ3) is 5.96. The Morgan fingerprint density at radius 1 is 1.00 bits per heavy atom. The molecule has 3 nitrogen and oxygen atoms in total. The van der Waals surface area contributed by atoms with Crippen LogP contribution in [0, 0.1) is 11.7 Å². The number of carbonyl (C=O) groups is 2. The summed E-state index contributed by atoms with van der Waals surface area (Å²) in [5, 5.41) is 0. The number of likely N-dealkylation sites (tertiary alicyclic amines) is 1. The number of nitrogens with zero attached hydrogens (tertiary/aromatic N) is 1. The van der Waals surface area contributed by atoms with E-state index in [2.05, 4.69) is 4.90 Å². The van der Waals surface area contributed by atoms with Crippen LogP contribution in [0.3, 0.4) is 0 Å². The molecule has 0 aromatic heterocycles. The molecule has 2 aromatic carbocycles. The van der Waals surface area contributed by atoms with Crippen LogP contribution in [0.2, 0.25) is 0 Å². The first-order chi connectivity index (χ1) is 13.6. The number of Topliss-reactive ketones (excluding diaryl/α,β-unsaturated/α-hetero) is 1. The fourth-order valence-electron chi connectivity index (χ4n) is 3.56. The van der Waals surface area contributed by atoms with Gasteiger partial charge in [0.25, 0.3) is 0 Å². The van der Waals surface area contributed by atoms with E-state index in [4.69, 9.17) is 0 Å². The summed E-state index contributed by atoms with van der Waals surface area (Å²) < 4.78 is 12.9. The van der Waals surface area contributed by atoms with Crippen LogP contribution < -0.4 is 0 Å². The molecule has 0 unspecified atom stereocenters. The lowest BCUT2D eigenvalue weighted by Gasteiger charge is -2.30. The van der Waals surface area contributed by atoms with Crippen LogP contribution in [-0.4, -0.2) is 36.1 Å². The second kappa shape index (κ2) is 10.1. The molecule has 0 radical (unpaired) electrons. The van der Waals surface area contributed by atoms with Crippen molar-refractivity contribution in [3.05, 3.63) is 77.6 Å². The summed E-state index contributed by atoms with van der Waals surface area (Å²) in [6, 6.07) is 15.6. The number of carbonyl (C=O) groups excluding carboxylic acids is 2. The van der Waals surface area contributed by atoms with E-state index in [1.807, 2.05) is 36.4 Å². The molecule has 4 heteroatoms. The number of piperidine rings is 1. The third-order valence-electron chi connectivity index (χ3n) is 5.27. The number of rotatable bonds is 8. The van der Waals surface area contributed by atoms with Gasteiger partial charge in [-0.25, -0.2) is 4.39 Å². The normalized spacial score (nSPS) is 15.8. The van der Waals surface area contributed by atoms with Crippen molar-refractivity contribution in [2.45, 2.75) is 25.7 Å². The molecule has 1 aliphatic heterocycles. The minimum atomic E-state index is -0.326. The number of ketones is 2. The number of hydrogen-bond donors (Lipinski definition) is 0. The van der Waals surface area contributed by atoms with Crippen molar-refractivity contribution in [2.24, 2.45) is 5.92 Å². The Hall–Kier alpha value is -2.59. The Kier molecular flexibility index (Phi) is 7.26. The summed E-state index contributed by atoms with van der Waals surface area (Å²) >= 11 is 0. The van der Waals surface area contributed by atoms with Crippen molar-refractivity contribution >= 4 is 17.6 Å². The Balaban J connectivity index is 1.37. The van der Waals surface area contributed by atoms with Crippen LogP contribution in [0.4, 0.5) is 4.39 Å². The van der Waals surface area contributed by atoms with Crippen molar-refractivity contribution in [3.63, 3.8) is 0 Å². The first kappa shape index (κ1) is 20.2. The summed E-state index contributed by atoms with van der Waals surface area (Å²) in [7, 11) is 0. The third-order valence-corrected chi connectivity index (χ3v) is 5.27. The molecule has 1 saturated heterocycles. The van der Waals surface area contributed by atoms with Crippen LogP contribution in [0.25, 0.3) is 6.08 Å². The molecule has 2 aromatic rings. The highest BCUT2D eigenvalue weighted by Gasteiger charge is 2.23. The number of benzene rings is 2. The minimum Gasteiger partial charge on any atom is -0.303 e. The number of allylic oxidation sites excluding steroid dienone is 1. The maximum Gasteiger partial charge on any atom is 0.162 e. The lowest BCUT2D eigenvalue weighted by Crippen LogP contribution is -2.36. The highest BCUT2D eigenvalue weighted by molar-refractivity contribution is 5.96. The molecule has 0 atom stereocenters. The molecule has 0 aliphatic carbocycles. The summed E-state index contributed by atoms with van der Waals surface area (Å²) in [5.41, 5.74) is 1.61. The topological polar surface area (TPSA) is 37.4 Å². The van der Waals surface area contributed by atoms with Crippen LogP contribution >= 0.6 is 0 Å². The molecule has 1 aliphatic rings. The van der Waals surface area contributed by atoms with Crippen molar-refractivity contribution in [2.75, 3.05) is 19.6 Å². The lowest BCUT2D eigenvalue weighted by molar-refractivity contribution is -0.119. The highest BCUT2D eigenvalue weighted by atomic mass is 19.1. The van der Waals surface area contributed by atoms with E-state index in [0.29, 0.717) is 12.0 Å². The van der Waals surface area contributed by atoms with Crippen molar-refractivity contribution in [3.8, 4) is 0 Å². The van der Waals surface area contributed by atoms with Crippen molar-refractivity contribution in [1.82, 2.24) is 4.90 Å². The van der Waals surface area contributed by atoms with Gasteiger partial charge in [0.2, 0.25) is 0 Å². The monoisotopic (exact) mass is 379 g/mol. The smallest absolute Gasteiger partial charge is 0.162 e. The molecule has 0 amide bonds. The Morgan fingerprint density at radius 2 is 1.68 bits per heavy atom. The van der Waals surface area contributed by atoms with Crippen molar-refractivity contribution in [1.29, 1.82) is 0 Å². The zero-order valence-electron chi connectivity index (χ0n) is 16.0. The van der Waals surface area contributed by atoms with Gasteiger partial charge in [-0.3, -0.25) is 9.59 Å². The van der Waals surface area contributed by atoms with Crippen molar-refractivity contribution < 1.29 is 14.0 Å². The average Bonchev–Trinajstić information content (AvgIpc) is 2.73. The Labute approximate surface area is 165 Å². The van der Waals surface area contributed by atoms with Crippen LogP contribution in [0.1, 0.15) is 41.6 Å². The summed E-state index contributed by atoms with van der Waals surface area (Å²) in [6.07, 6.45) is 6.56. The predicted molar refractivity (Wildman–Crippen MR) is 110 cm³/mol. The van der Waals surface area contributed by atoms with E-state index < -0.39 is 0 Å². The largest absolute Gasteiger partial charge is 0.303 e. The second-order valence-electron chi connectivity index (χ2n) is 7.30. The molecule has 146 valence electrons. The average molecular weight is 379 g/mol. The van der Waals surface area contributed by atoms with Crippen LogP contribution in [-0.2, 0) is 4.79 Å². The van der Waals surface area contributed by atoms with Gasteiger partial charge < -0.3 is 4.90 Å². The molecular weight excluding hydrogens is 353 g/mol. The molecular formula is C24H26FNO2. The zero-order valence-corrected chi connectivity index (χ0v) is 16.0. The Morgan fingerprint density at radius 3 is 2.36 bits per heavy atom. The highest BCUT2D eigenvalue weighted by Crippen LogP contribution is 2.20. The van der Waals surface area contributed by atoms with Gasteiger partial charge in [-0.15, -0.1) is 0 Å². The van der Waals surface area contributed by atoms with Gasteiger partial charge in [0.15, 0.2) is 11.6 Å². The van der Waals surface area contributed by atoms with E-state index in [-0.39, 0.29) is 23.3 Å². The maximum absolute atomic E-state index is 12.9. The van der Waals surface area contributed by atoms with Crippen LogP contribution in [0.15, 0.2) is 60.7 Å². The van der Waals surface area contributed by atoms with Gasteiger partial charge in [-0.05, 0) is 74.8 Å². The van der Waals surface area contributed by atoms with Gasteiger partial charge in [0.1, 0.15) is 5.82 Å². The molecule has 0 bridgehead atoms. The second-order valence-corrected chi connectivity index (χ2v) is 7.30. The molecule has 3 rings (SSSR count). The quantitative estimate of drug-likeness (QED) is 0.489. The van der Waals surface area contributed by atoms with Gasteiger partial charge in [-0.1, -0.05) is 36.4 Å². The summed E-state index contributed by atoms with van der Waals surface area (Å²) in [4.78, 5) is 26.8. The maximum atomic E-state index is 12.9. The number of halogens is 1. The predicted octanol–water partition coefficient (Wildman–Crippen LogP) is 4.78. The fourth-order valence-corrected chi connectivity index (χ4v) is 3.56. The molecule has 1 fully saturated rings. The number of hydrogen-bond acceptors (Lipinski definition) is 3. The van der Waals surface area contributed by atoms with Gasteiger partial charge in [-0.2, -0.15) is 0 Å². The molecule has 28 heavy (non-hydrogen) atoms. The SMILES string of the molecule is O=C(CCCN1CCC(C(=O)C=Cc2ccccc2)CC1)c1ccc(F)cc1. The van der Waals surface area contributed by atoms with Gasteiger partial charge >= 0.3 is 0 Å². The minimum absolute atomic E-state index is 0.0520. The zero-order chi connectivity index (χ0) is 19.8. The molecule has 1 heterocycles. The Bertz CT molecular complexity index is 806. The first-order valence-electron chi connectivity index (χ1n) is 9.90. The summed E-state index contributed by atoms with van der Waals surface area (Å²) in [5.74, 6) is 0.0238.